The van der Waals surface area contributed by atoms with Gasteiger partial charge >= 0.3 is 0 Å². The first-order valence-corrected chi connectivity index (χ1v) is 3.68. The Morgan fingerprint density at radius 2 is 2.22 bits per heavy atom. The van der Waals surface area contributed by atoms with E-state index >= 15 is 0 Å². The molecule has 0 aromatic heterocycles. The molecule has 0 rings (SSSR count). The van der Waals surface area contributed by atoms with Crippen LogP contribution in [0.1, 0.15) is 26.7 Å². The third-order valence-electron chi connectivity index (χ3n) is 1.39. The first kappa shape index (κ1) is 8.96. The molecule has 0 aliphatic carbocycles. The van der Waals surface area contributed by atoms with Gasteiger partial charge in [0.05, 0.1) is 0 Å². The van der Waals surface area contributed by atoms with E-state index < -0.39 is 0 Å². The summed E-state index contributed by atoms with van der Waals surface area (Å²) in [6.07, 6.45) is 2.09. The molecule has 0 aliphatic rings. The highest BCUT2D eigenvalue weighted by atomic mass is 16.5. The molecule has 1 atom stereocenters. The third-order valence-corrected chi connectivity index (χ3v) is 1.39. The van der Waals surface area contributed by atoms with Crippen molar-refractivity contribution >= 4 is 0 Å². The molecule has 1 radical (unpaired) electrons. The lowest BCUT2D eigenvalue weighted by Crippen LogP contribution is -2.04. The molecular formula is C8H17O. The zero-order valence-electron chi connectivity index (χ0n) is 6.52. The normalized spacial score (nSPS) is 13.7. The van der Waals surface area contributed by atoms with Crippen molar-refractivity contribution < 1.29 is 4.74 Å². The van der Waals surface area contributed by atoms with Crippen LogP contribution in [0.4, 0.5) is 0 Å². The minimum absolute atomic E-state index is 0.705. The Bertz CT molecular complexity index is 52.5. The van der Waals surface area contributed by atoms with E-state index in [1.165, 1.54) is 6.42 Å². The minimum Gasteiger partial charge on any atom is -0.381 e. The topological polar surface area (TPSA) is 9.23 Å². The van der Waals surface area contributed by atoms with Gasteiger partial charge in [-0.05, 0) is 12.3 Å². The standard InChI is InChI=1S/C8H17O/c1-4-6-9-7-8(3)5-2/h8H,1,4-7H2,2-3H3. The highest BCUT2D eigenvalue weighted by molar-refractivity contribution is 4.46. The summed E-state index contributed by atoms with van der Waals surface area (Å²) in [5.74, 6) is 0.705. The summed E-state index contributed by atoms with van der Waals surface area (Å²) in [5.41, 5.74) is 0. The SMILES string of the molecule is [CH2]CCOCC(C)CC. The van der Waals surface area contributed by atoms with Crippen LogP contribution in [0, 0.1) is 12.8 Å². The van der Waals surface area contributed by atoms with Gasteiger partial charge in [0.2, 0.25) is 0 Å². The third kappa shape index (κ3) is 5.84. The molecule has 0 heterocycles. The molecule has 0 aromatic carbocycles. The van der Waals surface area contributed by atoms with Crippen LogP contribution in [-0.4, -0.2) is 13.2 Å². The maximum Gasteiger partial charge on any atom is 0.0491 e. The maximum absolute atomic E-state index is 5.27. The monoisotopic (exact) mass is 129 g/mol. The Hall–Kier alpha value is -0.0400. The number of hydrogen-bond acceptors (Lipinski definition) is 1. The van der Waals surface area contributed by atoms with Crippen LogP contribution >= 0.6 is 0 Å². The molecular weight excluding hydrogens is 112 g/mol. The van der Waals surface area contributed by atoms with E-state index in [2.05, 4.69) is 20.8 Å². The van der Waals surface area contributed by atoms with Gasteiger partial charge < -0.3 is 4.74 Å². The van der Waals surface area contributed by atoms with Crippen molar-refractivity contribution in [3.8, 4) is 0 Å². The molecule has 0 amide bonds. The predicted octanol–water partition coefficient (Wildman–Crippen LogP) is 2.27. The van der Waals surface area contributed by atoms with Crippen LogP contribution in [-0.2, 0) is 4.74 Å². The van der Waals surface area contributed by atoms with Gasteiger partial charge in [-0.25, -0.2) is 0 Å². The molecule has 9 heavy (non-hydrogen) atoms. The molecule has 0 spiro atoms. The van der Waals surface area contributed by atoms with E-state index in [0.717, 1.165) is 19.6 Å². The smallest absolute Gasteiger partial charge is 0.0491 e. The summed E-state index contributed by atoms with van der Waals surface area (Å²) >= 11 is 0. The second-order valence-electron chi connectivity index (χ2n) is 2.44. The van der Waals surface area contributed by atoms with E-state index in [-0.39, 0.29) is 0 Å². The van der Waals surface area contributed by atoms with E-state index in [0.29, 0.717) is 5.92 Å². The average molecular weight is 129 g/mol. The lowest BCUT2D eigenvalue weighted by Gasteiger charge is -2.07. The zero-order valence-corrected chi connectivity index (χ0v) is 6.52. The molecule has 1 unspecified atom stereocenters. The zero-order chi connectivity index (χ0) is 7.11. The molecule has 0 N–H and O–H groups in total. The minimum atomic E-state index is 0.705. The first-order valence-electron chi connectivity index (χ1n) is 3.68. The molecule has 0 fully saturated rings. The van der Waals surface area contributed by atoms with Crippen LogP contribution in [0.3, 0.4) is 0 Å². The second-order valence-corrected chi connectivity index (χ2v) is 2.44. The second kappa shape index (κ2) is 6.09. The fourth-order valence-electron chi connectivity index (χ4n) is 0.504. The van der Waals surface area contributed by atoms with E-state index in [4.69, 9.17) is 4.74 Å². The summed E-state index contributed by atoms with van der Waals surface area (Å²) in [6.45, 7) is 9.76. The van der Waals surface area contributed by atoms with Crippen molar-refractivity contribution in [3.05, 3.63) is 6.92 Å². The van der Waals surface area contributed by atoms with Crippen LogP contribution in [0.15, 0.2) is 0 Å². The highest BCUT2D eigenvalue weighted by Crippen LogP contribution is 2.00. The summed E-state index contributed by atoms with van der Waals surface area (Å²) in [6, 6.07) is 0. The van der Waals surface area contributed by atoms with Crippen molar-refractivity contribution in [1.29, 1.82) is 0 Å². The molecule has 0 aromatic rings. The maximum atomic E-state index is 5.27. The van der Waals surface area contributed by atoms with Gasteiger partial charge in [-0.15, -0.1) is 0 Å². The van der Waals surface area contributed by atoms with Gasteiger partial charge in [0, 0.05) is 13.2 Å². The molecule has 1 heteroatoms. The largest absolute Gasteiger partial charge is 0.381 e. The molecule has 0 bridgehead atoms. The van der Waals surface area contributed by atoms with Crippen LogP contribution in [0.5, 0.6) is 0 Å². The Morgan fingerprint density at radius 1 is 1.56 bits per heavy atom. The van der Waals surface area contributed by atoms with Crippen molar-refractivity contribution in [2.75, 3.05) is 13.2 Å². The van der Waals surface area contributed by atoms with Gasteiger partial charge in [0.15, 0.2) is 0 Å². The van der Waals surface area contributed by atoms with Gasteiger partial charge in [-0.2, -0.15) is 0 Å². The molecule has 55 valence electrons. The molecule has 0 saturated carbocycles. The van der Waals surface area contributed by atoms with E-state index in [9.17, 15) is 0 Å². The van der Waals surface area contributed by atoms with Crippen molar-refractivity contribution in [1.82, 2.24) is 0 Å². The number of rotatable bonds is 5. The Labute approximate surface area is 58.4 Å². The highest BCUT2D eigenvalue weighted by Gasteiger charge is 1.95. The van der Waals surface area contributed by atoms with Gasteiger partial charge in [-0.3, -0.25) is 0 Å². The Balaban J connectivity index is 2.88. The summed E-state index contributed by atoms with van der Waals surface area (Å²) in [5, 5.41) is 0. The fourth-order valence-corrected chi connectivity index (χ4v) is 0.504. The fraction of sp³-hybridized carbons (Fsp3) is 0.875. The molecule has 1 nitrogen and oxygen atoms in total. The first-order chi connectivity index (χ1) is 4.31. The van der Waals surface area contributed by atoms with Crippen molar-refractivity contribution in [3.63, 3.8) is 0 Å². The van der Waals surface area contributed by atoms with E-state index in [1.54, 1.807) is 0 Å². The van der Waals surface area contributed by atoms with Crippen LogP contribution in [0.25, 0.3) is 0 Å². The van der Waals surface area contributed by atoms with Crippen LogP contribution in [0.2, 0.25) is 0 Å². The van der Waals surface area contributed by atoms with E-state index in [1.807, 2.05) is 0 Å². The quantitative estimate of drug-likeness (QED) is 0.517. The predicted molar refractivity (Wildman–Crippen MR) is 40.2 cm³/mol. The number of ether oxygens (including phenoxy) is 1. The van der Waals surface area contributed by atoms with Gasteiger partial charge in [0.1, 0.15) is 0 Å². The lowest BCUT2D eigenvalue weighted by atomic mass is 10.1. The van der Waals surface area contributed by atoms with Crippen molar-refractivity contribution in [2.45, 2.75) is 26.7 Å². The summed E-state index contributed by atoms with van der Waals surface area (Å²) in [7, 11) is 0. The molecule has 0 aliphatic heterocycles. The average Bonchev–Trinajstić information content (AvgIpc) is 1.89. The van der Waals surface area contributed by atoms with Gasteiger partial charge in [-0.1, -0.05) is 27.2 Å². The van der Waals surface area contributed by atoms with Gasteiger partial charge in [0.25, 0.3) is 0 Å². The molecule has 0 saturated heterocycles. The summed E-state index contributed by atoms with van der Waals surface area (Å²) < 4.78 is 5.27. The van der Waals surface area contributed by atoms with Crippen LogP contribution < -0.4 is 0 Å². The Kier molecular flexibility index (Phi) is 6.06. The van der Waals surface area contributed by atoms with Crippen molar-refractivity contribution in [2.24, 2.45) is 5.92 Å². The lowest BCUT2D eigenvalue weighted by molar-refractivity contribution is 0.107. The number of hydrogen-bond donors (Lipinski definition) is 0. The summed E-state index contributed by atoms with van der Waals surface area (Å²) in [4.78, 5) is 0. The Morgan fingerprint density at radius 3 is 2.67 bits per heavy atom.